The number of hydrogen-bond acceptors (Lipinski definition) is 4. The van der Waals surface area contributed by atoms with Gasteiger partial charge >= 0.3 is 0 Å². The van der Waals surface area contributed by atoms with E-state index in [2.05, 4.69) is 10.6 Å². The SMILES string of the molecule is CCOc1ccccc1NC(=S)NC(=O)C=Cc1ccccc1OC. The molecule has 0 aromatic heterocycles. The zero-order valence-corrected chi connectivity index (χ0v) is 14.9. The number of amides is 1. The molecule has 5 nitrogen and oxygen atoms in total. The van der Waals surface area contributed by atoms with Gasteiger partial charge in [0.25, 0.3) is 0 Å². The number of methoxy groups -OCH3 is 1. The topological polar surface area (TPSA) is 59.6 Å². The van der Waals surface area contributed by atoms with Crippen molar-refractivity contribution in [3.63, 3.8) is 0 Å². The lowest BCUT2D eigenvalue weighted by Gasteiger charge is -2.12. The van der Waals surface area contributed by atoms with Crippen LogP contribution in [0.1, 0.15) is 12.5 Å². The second kappa shape index (κ2) is 9.44. The molecule has 0 saturated carbocycles. The first-order chi connectivity index (χ1) is 12.1. The van der Waals surface area contributed by atoms with E-state index in [1.54, 1.807) is 13.2 Å². The van der Waals surface area contributed by atoms with E-state index >= 15 is 0 Å². The van der Waals surface area contributed by atoms with Gasteiger partial charge in [0.15, 0.2) is 5.11 Å². The summed E-state index contributed by atoms with van der Waals surface area (Å²) in [5.41, 5.74) is 1.50. The number of benzene rings is 2. The van der Waals surface area contributed by atoms with Crippen molar-refractivity contribution in [2.75, 3.05) is 19.0 Å². The Labute approximate surface area is 152 Å². The lowest BCUT2D eigenvalue weighted by Crippen LogP contribution is -2.32. The van der Waals surface area contributed by atoms with Crippen LogP contribution in [0.15, 0.2) is 54.6 Å². The van der Waals surface area contributed by atoms with Gasteiger partial charge in [-0.15, -0.1) is 0 Å². The van der Waals surface area contributed by atoms with Crippen molar-refractivity contribution in [1.82, 2.24) is 5.32 Å². The molecule has 0 aliphatic rings. The molecule has 0 aliphatic carbocycles. The molecule has 2 aromatic rings. The Hall–Kier alpha value is -2.86. The highest BCUT2D eigenvalue weighted by Gasteiger charge is 2.06. The molecule has 0 unspecified atom stereocenters. The minimum atomic E-state index is -0.336. The van der Waals surface area contributed by atoms with E-state index in [4.69, 9.17) is 21.7 Å². The summed E-state index contributed by atoms with van der Waals surface area (Å²) in [5, 5.41) is 5.76. The fourth-order valence-corrected chi connectivity index (χ4v) is 2.34. The van der Waals surface area contributed by atoms with Crippen molar-refractivity contribution < 1.29 is 14.3 Å². The van der Waals surface area contributed by atoms with Crippen LogP contribution in [0.5, 0.6) is 11.5 Å². The van der Waals surface area contributed by atoms with Crippen LogP contribution >= 0.6 is 12.2 Å². The predicted molar refractivity (Wildman–Crippen MR) is 104 cm³/mol. The minimum absolute atomic E-state index is 0.196. The molecule has 2 aromatic carbocycles. The van der Waals surface area contributed by atoms with Crippen molar-refractivity contribution in [2.24, 2.45) is 0 Å². The molecule has 0 aliphatic heterocycles. The second-order valence-corrected chi connectivity index (χ2v) is 5.36. The molecule has 2 rings (SSSR count). The molecule has 25 heavy (non-hydrogen) atoms. The fourth-order valence-electron chi connectivity index (χ4n) is 2.13. The van der Waals surface area contributed by atoms with E-state index in [0.29, 0.717) is 23.8 Å². The first kappa shape index (κ1) is 18.5. The monoisotopic (exact) mass is 356 g/mol. The van der Waals surface area contributed by atoms with E-state index in [-0.39, 0.29) is 11.0 Å². The molecule has 0 heterocycles. The highest BCUT2D eigenvalue weighted by molar-refractivity contribution is 7.80. The number of thiocarbonyl (C=S) groups is 1. The van der Waals surface area contributed by atoms with Gasteiger partial charge in [0, 0.05) is 11.6 Å². The van der Waals surface area contributed by atoms with Crippen molar-refractivity contribution >= 4 is 35.0 Å². The van der Waals surface area contributed by atoms with E-state index in [1.165, 1.54) is 6.08 Å². The van der Waals surface area contributed by atoms with Crippen LogP contribution in [-0.4, -0.2) is 24.7 Å². The second-order valence-electron chi connectivity index (χ2n) is 4.95. The molecule has 0 bridgehead atoms. The summed E-state index contributed by atoms with van der Waals surface area (Å²) in [7, 11) is 1.58. The van der Waals surface area contributed by atoms with Gasteiger partial charge in [0.05, 0.1) is 19.4 Å². The molecule has 0 spiro atoms. The first-order valence-corrected chi connectivity index (χ1v) is 8.19. The summed E-state index contributed by atoms with van der Waals surface area (Å²) in [6.45, 7) is 2.44. The summed E-state index contributed by atoms with van der Waals surface area (Å²) < 4.78 is 10.7. The Morgan fingerprint density at radius 3 is 2.52 bits per heavy atom. The number of anilines is 1. The Kier molecular flexibility index (Phi) is 6.98. The van der Waals surface area contributed by atoms with Gasteiger partial charge in [-0.1, -0.05) is 30.3 Å². The van der Waals surface area contributed by atoms with Gasteiger partial charge in [-0.3, -0.25) is 10.1 Å². The maximum absolute atomic E-state index is 12.0. The van der Waals surface area contributed by atoms with Crippen LogP contribution in [0.2, 0.25) is 0 Å². The number of ether oxygens (including phenoxy) is 2. The minimum Gasteiger partial charge on any atom is -0.496 e. The van der Waals surface area contributed by atoms with Crippen LogP contribution < -0.4 is 20.1 Å². The van der Waals surface area contributed by atoms with Crippen LogP contribution in [0.3, 0.4) is 0 Å². The maximum atomic E-state index is 12.0. The predicted octanol–water partition coefficient (Wildman–Crippen LogP) is 3.62. The average Bonchev–Trinajstić information content (AvgIpc) is 2.62. The summed E-state index contributed by atoms with van der Waals surface area (Å²) in [6, 6.07) is 14.8. The number of carbonyl (C=O) groups excluding carboxylic acids is 1. The van der Waals surface area contributed by atoms with Crippen molar-refractivity contribution in [2.45, 2.75) is 6.92 Å². The molecular weight excluding hydrogens is 336 g/mol. The van der Waals surface area contributed by atoms with E-state index in [1.807, 2.05) is 55.5 Å². The van der Waals surface area contributed by atoms with Gasteiger partial charge in [-0.25, -0.2) is 0 Å². The van der Waals surface area contributed by atoms with Gasteiger partial charge in [-0.2, -0.15) is 0 Å². The van der Waals surface area contributed by atoms with Crippen LogP contribution in [0, 0.1) is 0 Å². The van der Waals surface area contributed by atoms with Gasteiger partial charge in [0.1, 0.15) is 11.5 Å². The van der Waals surface area contributed by atoms with Crippen molar-refractivity contribution in [3.8, 4) is 11.5 Å². The lowest BCUT2D eigenvalue weighted by atomic mass is 10.2. The molecule has 6 heteroatoms. The quantitative estimate of drug-likeness (QED) is 0.611. The van der Waals surface area contributed by atoms with Gasteiger partial charge < -0.3 is 14.8 Å². The average molecular weight is 356 g/mol. The Balaban J connectivity index is 1.96. The molecule has 1 amide bonds. The molecule has 2 N–H and O–H groups in total. The van der Waals surface area contributed by atoms with E-state index in [9.17, 15) is 4.79 Å². The van der Waals surface area contributed by atoms with Gasteiger partial charge in [0.2, 0.25) is 5.91 Å². The fraction of sp³-hybridized carbons (Fsp3) is 0.158. The highest BCUT2D eigenvalue weighted by Crippen LogP contribution is 2.23. The zero-order valence-electron chi connectivity index (χ0n) is 14.1. The lowest BCUT2D eigenvalue weighted by molar-refractivity contribution is -0.115. The van der Waals surface area contributed by atoms with E-state index in [0.717, 1.165) is 5.56 Å². The maximum Gasteiger partial charge on any atom is 0.250 e. The van der Waals surface area contributed by atoms with Crippen molar-refractivity contribution in [3.05, 3.63) is 60.2 Å². The highest BCUT2D eigenvalue weighted by atomic mass is 32.1. The normalized spacial score (nSPS) is 10.3. The Morgan fingerprint density at radius 1 is 1.12 bits per heavy atom. The molecule has 130 valence electrons. The molecule has 0 saturated heterocycles. The van der Waals surface area contributed by atoms with Crippen molar-refractivity contribution in [1.29, 1.82) is 0 Å². The smallest absolute Gasteiger partial charge is 0.250 e. The van der Waals surface area contributed by atoms with Crippen LogP contribution in [0.25, 0.3) is 6.08 Å². The summed E-state index contributed by atoms with van der Waals surface area (Å²) in [5.74, 6) is 1.03. The largest absolute Gasteiger partial charge is 0.496 e. The number of para-hydroxylation sites is 3. The first-order valence-electron chi connectivity index (χ1n) is 7.79. The molecular formula is C19H20N2O3S. The number of hydrogen-bond donors (Lipinski definition) is 2. The number of nitrogens with one attached hydrogen (secondary N) is 2. The van der Waals surface area contributed by atoms with Crippen LogP contribution in [-0.2, 0) is 4.79 Å². The third-order valence-electron chi connectivity index (χ3n) is 3.23. The molecule has 0 fully saturated rings. The Bertz CT molecular complexity index is 775. The van der Waals surface area contributed by atoms with E-state index < -0.39 is 0 Å². The summed E-state index contributed by atoms with van der Waals surface area (Å²) in [4.78, 5) is 12.0. The zero-order chi connectivity index (χ0) is 18.1. The Morgan fingerprint density at radius 2 is 1.80 bits per heavy atom. The number of rotatable bonds is 6. The van der Waals surface area contributed by atoms with Crippen LogP contribution in [0.4, 0.5) is 5.69 Å². The molecule has 0 radical (unpaired) electrons. The third-order valence-corrected chi connectivity index (χ3v) is 3.43. The number of carbonyl (C=O) groups is 1. The summed E-state index contributed by atoms with van der Waals surface area (Å²) >= 11 is 5.18. The molecule has 0 atom stereocenters. The van der Waals surface area contributed by atoms with Gasteiger partial charge in [-0.05, 0) is 43.4 Å². The standard InChI is InChI=1S/C19H20N2O3S/c1-3-24-17-11-7-5-9-15(17)20-19(25)21-18(22)13-12-14-8-4-6-10-16(14)23-2/h4-13H,3H2,1-2H3,(H2,20,21,22,25). The third kappa shape index (κ3) is 5.61. The summed E-state index contributed by atoms with van der Waals surface area (Å²) in [6.07, 6.45) is 3.07.